The molecule has 10 aliphatic rings. The lowest BCUT2D eigenvalue weighted by Gasteiger charge is -2.54. The summed E-state index contributed by atoms with van der Waals surface area (Å²) in [6, 6.07) is 17.7. The molecule has 6 aliphatic heterocycles. The van der Waals surface area contributed by atoms with Crippen LogP contribution < -0.4 is 20.3 Å². The van der Waals surface area contributed by atoms with E-state index in [2.05, 4.69) is 72.9 Å². The Morgan fingerprint density at radius 2 is 1.53 bits per heavy atom. The maximum atomic E-state index is 15.3. The number of rotatable bonds is 11. The van der Waals surface area contributed by atoms with Gasteiger partial charge in [-0.15, -0.1) is 0 Å². The minimum absolute atomic E-state index is 0.0245. The van der Waals surface area contributed by atoms with E-state index >= 15 is 4.79 Å². The summed E-state index contributed by atoms with van der Waals surface area (Å²) in [6.45, 7) is 9.05. The standard InChI is InChI=1S/C58H71N9O6/c1-34(2)66-33-59-48-30-47(61-53(52(48)66)60-40-11-12-40)37-10-18-46-49(27-37)67(42-28-41(29-42)63-22-4-3-5-23-63)57(72)58(46)20-24-64(25-21-58)56(71)51-38-26-39(51)32-65(31-38)55(70)36-8-15-44(16-9-36)73-43-13-6-35(7-14-43)45-17-19-50(68)62-54(45)69/h6-7,10,13-14,18,27,30,33-34,36,38-42,44-45,51H,3-5,8-9,11-12,15-17,19-26,28-29,31-32H2,1-2H3,(H,60,61)(H,62,68,69)/t36?,38-,39?,41?,42?,44?,45?,51?/m0/s1. The van der Waals surface area contributed by atoms with Crippen LogP contribution in [0.3, 0.4) is 0 Å². The molecule has 5 amide bonds. The van der Waals surface area contributed by atoms with E-state index in [1.54, 1.807) is 0 Å². The van der Waals surface area contributed by atoms with Gasteiger partial charge in [0.2, 0.25) is 29.5 Å². The monoisotopic (exact) mass is 990 g/mol. The molecular formula is C58H71N9O6. The molecule has 2 bridgehead atoms. The van der Waals surface area contributed by atoms with Crippen LogP contribution >= 0.6 is 0 Å². The number of aromatic nitrogens is 3. The van der Waals surface area contributed by atoms with E-state index < -0.39 is 5.41 Å². The fourth-order valence-electron chi connectivity index (χ4n) is 14.5. The predicted octanol–water partition coefficient (Wildman–Crippen LogP) is 7.73. The van der Waals surface area contributed by atoms with Gasteiger partial charge in [-0.2, -0.15) is 0 Å². The second-order valence-corrected chi connectivity index (χ2v) is 23.8. The van der Waals surface area contributed by atoms with Crippen molar-refractivity contribution in [3.63, 3.8) is 0 Å². The first-order chi connectivity index (χ1) is 35.5. The Morgan fingerprint density at radius 1 is 0.795 bits per heavy atom. The average Bonchev–Trinajstić information content (AvgIpc) is 4.05. The van der Waals surface area contributed by atoms with Gasteiger partial charge >= 0.3 is 0 Å². The van der Waals surface area contributed by atoms with Gasteiger partial charge in [0.1, 0.15) is 11.3 Å². The molecule has 384 valence electrons. The Morgan fingerprint density at radius 3 is 2.23 bits per heavy atom. The van der Waals surface area contributed by atoms with Crippen LogP contribution in [-0.2, 0) is 29.4 Å². The number of piperidine rings is 5. The minimum atomic E-state index is -0.669. The number of imide groups is 1. The number of anilines is 2. The van der Waals surface area contributed by atoms with Crippen LogP contribution in [0.2, 0.25) is 0 Å². The summed E-state index contributed by atoms with van der Waals surface area (Å²) in [5.41, 5.74) is 6.15. The van der Waals surface area contributed by atoms with Crippen molar-refractivity contribution in [2.24, 2.45) is 23.7 Å². The first-order valence-corrected chi connectivity index (χ1v) is 28.0. The highest BCUT2D eigenvalue weighted by Gasteiger charge is 2.58. The van der Waals surface area contributed by atoms with Crippen molar-refractivity contribution in [2.75, 3.05) is 49.5 Å². The van der Waals surface area contributed by atoms with Crippen molar-refractivity contribution in [3.8, 4) is 17.0 Å². The summed E-state index contributed by atoms with van der Waals surface area (Å²) < 4.78 is 8.54. The number of carbonyl (C=O) groups is 5. The summed E-state index contributed by atoms with van der Waals surface area (Å²) in [7, 11) is 0. The van der Waals surface area contributed by atoms with Gasteiger partial charge < -0.3 is 34.2 Å². The predicted molar refractivity (Wildman–Crippen MR) is 277 cm³/mol. The van der Waals surface area contributed by atoms with Gasteiger partial charge in [0, 0.05) is 79.9 Å². The zero-order valence-corrected chi connectivity index (χ0v) is 42.6. The molecule has 14 rings (SSSR count). The van der Waals surface area contributed by atoms with Crippen LogP contribution in [0.5, 0.6) is 5.75 Å². The Labute approximate surface area is 428 Å². The van der Waals surface area contributed by atoms with Gasteiger partial charge in [-0.3, -0.25) is 29.3 Å². The zero-order chi connectivity index (χ0) is 49.7. The second-order valence-electron chi connectivity index (χ2n) is 23.8. The summed E-state index contributed by atoms with van der Waals surface area (Å²) >= 11 is 0. The molecular weight excluding hydrogens is 919 g/mol. The van der Waals surface area contributed by atoms with Gasteiger partial charge in [0.25, 0.3) is 0 Å². The van der Waals surface area contributed by atoms with Crippen LogP contribution in [-0.4, -0.2) is 122 Å². The van der Waals surface area contributed by atoms with Crippen molar-refractivity contribution in [1.82, 2.24) is 34.6 Å². The Kier molecular flexibility index (Phi) is 11.9. The summed E-state index contributed by atoms with van der Waals surface area (Å²) in [5, 5.41) is 6.15. The maximum Gasteiger partial charge on any atom is 0.238 e. The molecule has 4 aromatic rings. The molecule has 4 atom stereocenters. The molecule has 15 nitrogen and oxygen atoms in total. The molecule has 1 spiro atoms. The smallest absolute Gasteiger partial charge is 0.238 e. The Balaban J connectivity index is 0.658. The number of imidazole rings is 1. The number of amides is 5. The van der Waals surface area contributed by atoms with E-state index in [1.807, 2.05) is 30.6 Å². The number of nitrogens with zero attached hydrogens (tertiary/aromatic N) is 7. The van der Waals surface area contributed by atoms with Gasteiger partial charge in [-0.05, 0) is 164 Å². The van der Waals surface area contributed by atoms with Crippen molar-refractivity contribution >= 4 is 52.1 Å². The van der Waals surface area contributed by atoms with Crippen LogP contribution in [0.1, 0.15) is 140 Å². The number of likely N-dealkylation sites (tertiary alicyclic amines) is 2. The largest absolute Gasteiger partial charge is 0.490 e. The highest BCUT2D eigenvalue weighted by molar-refractivity contribution is 6.09. The molecule has 3 unspecified atom stereocenters. The van der Waals surface area contributed by atoms with Gasteiger partial charge in [0.15, 0.2) is 5.82 Å². The maximum absolute atomic E-state index is 15.3. The minimum Gasteiger partial charge on any atom is -0.490 e. The fourth-order valence-corrected chi connectivity index (χ4v) is 14.5. The second kappa shape index (κ2) is 18.5. The highest BCUT2D eigenvalue weighted by atomic mass is 16.5. The van der Waals surface area contributed by atoms with Crippen LogP contribution in [0.25, 0.3) is 22.3 Å². The molecule has 2 N–H and O–H groups in total. The fraction of sp³-hybridized carbons (Fsp3) is 0.603. The van der Waals surface area contributed by atoms with E-state index in [0.717, 1.165) is 122 Å². The lowest BCUT2D eigenvalue weighted by Crippen LogP contribution is -2.63. The molecule has 8 heterocycles. The molecule has 0 radical (unpaired) electrons. The van der Waals surface area contributed by atoms with E-state index in [9.17, 15) is 19.2 Å². The Bertz CT molecular complexity index is 2820. The lowest BCUT2D eigenvalue weighted by molar-refractivity contribution is -0.163. The van der Waals surface area contributed by atoms with Crippen molar-refractivity contribution in [1.29, 1.82) is 0 Å². The highest BCUT2D eigenvalue weighted by Crippen LogP contribution is 2.54. The Hall–Kier alpha value is -5.83. The summed E-state index contributed by atoms with van der Waals surface area (Å²) in [5.74, 6) is 1.74. The third-order valence-electron chi connectivity index (χ3n) is 19.0. The molecule has 73 heavy (non-hydrogen) atoms. The summed E-state index contributed by atoms with van der Waals surface area (Å²) in [4.78, 5) is 86.8. The third kappa shape index (κ3) is 8.39. The number of hydrogen-bond donors (Lipinski definition) is 2. The number of benzene rings is 2. The van der Waals surface area contributed by atoms with Crippen molar-refractivity contribution in [2.45, 2.75) is 158 Å². The van der Waals surface area contributed by atoms with Gasteiger partial charge in [-0.1, -0.05) is 30.7 Å². The van der Waals surface area contributed by atoms with E-state index in [-0.39, 0.29) is 77.3 Å². The first kappa shape index (κ1) is 46.9. The molecule has 4 aliphatic carbocycles. The molecule has 5 saturated heterocycles. The van der Waals surface area contributed by atoms with Crippen LogP contribution in [0, 0.1) is 23.7 Å². The molecule has 2 aromatic heterocycles. The van der Waals surface area contributed by atoms with Crippen molar-refractivity contribution in [3.05, 3.63) is 66.0 Å². The van der Waals surface area contributed by atoms with Gasteiger partial charge in [-0.25, -0.2) is 9.97 Å². The molecule has 9 fully saturated rings. The van der Waals surface area contributed by atoms with E-state index in [0.29, 0.717) is 63.9 Å². The summed E-state index contributed by atoms with van der Waals surface area (Å²) in [6.07, 6.45) is 16.3. The third-order valence-corrected chi connectivity index (χ3v) is 19.0. The SMILES string of the molecule is CC(C)n1cnc2cc(-c3ccc4c(c3)N(C3CC(N5CCCCC5)C3)C(=O)C43CCN(C(=O)C4C5C[C@H]4CN(C(=O)C4CCC(Oc6ccc(C7CCC(=O)NC7=O)cc6)CC4)C5)CC3)nc(NC3CC3)c21. The molecule has 15 heteroatoms. The van der Waals surface area contributed by atoms with Crippen LogP contribution in [0.4, 0.5) is 11.5 Å². The molecule has 4 saturated carbocycles. The number of hydrogen-bond acceptors (Lipinski definition) is 10. The zero-order valence-electron chi connectivity index (χ0n) is 42.6. The quantitative estimate of drug-likeness (QED) is 0.142. The lowest BCUT2D eigenvalue weighted by atomic mass is 9.60. The van der Waals surface area contributed by atoms with Crippen LogP contribution in [0.15, 0.2) is 54.9 Å². The average molecular weight is 990 g/mol. The number of pyridine rings is 1. The van der Waals surface area contributed by atoms with E-state index in [1.165, 1.54) is 19.3 Å². The number of nitrogens with one attached hydrogen (secondary N) is 2. The number of fused-ring (bicyclic) bond motifs is 5. The molecule has 2 aromatic carbocycles. The van der Waals surface area contributed by atoms with Gasteiger partial charge in [0.05, 0.1) is 35.0 Å². The van der Waals surface area contributed by atoms with Crippen molar-refractivity contribution < 1.29 is 28.7 Å². The number of ether oxygens (including phenoxy) is 1. The van der Waals surface area contributed by atoms with E-state index in [4.69, 9.17) is 14.7 Å². The first-order valence-electron chi connectivity index (χ1n) is 28.0. The topological polar surface area (TPSA) is 162 Å². The number of carbonyl (C=O) groups excluding carboxylic acids is 5. The normalized spacial score (nSPS) is 30.0.